The van der Waals surface area contributed by atoms with Gasteiger partial charge in [0.25, 0.3) is 0 Å². The molecule has 0 radical (unpaired) electrons. The Labute approximate surface area is 140 Å². The van der Waals surface area contributed by atoms with E-state index in [1.807, 2.05) is 19.9 Å². The van der Waals surface area contributed by atoms with Crippen molar-refractivity contribution < 1.29 is 19.1 Å². The third kappa shape index (κ3) is 4.81. The number of aryl methyl sites for hydroxylation is 2. The Bertz CT molecular complexity index is 745. The van der Waals surface area contributed by atoms with Gasteiger partial charge < -0.3 is 9.47 Å². The fourth-order valence-electron chi connectivity index (χ4n) is 2.19. The molecule has 0 spiro atoms. The molecule has 0 N–H and O–H groups in total. The number of hydrogen-bond acceptors (Lipinski definition) is 5. The highest BCUT2D eigenvalue weighted by atomic mass is 16.5. The van der Waals surface area contributed by atoms with E-state index < -0.39 is 11.9 Å². The first kappa shape index (κ1) is 17.5. The van der Waals surface area contributed by atoms with Crippen LogP contribution in [-0.2, 0) is 20.8 Å². The van der Waals surface area contributed by atoms with Crippen molar-refractivity contribution >= 4 is 18.0 Å². The molecule has 6 heteroatoms. The van der Waals surface area contributed by atoms with Gasteiger partial charge >= 0.3 is 11.9 Å². The molecule has 0 aliphatic heterocycles. The lowest BCUT2D eigenvalue weighted by Crippen LogP contribution is -2.11. The predicted octanol–water partition coefficient (Wildman–Crippen LogP) is 2.54. The van der Waals surface area contributed by atoms with Gasteiger partial charge in [0.05, 0.1) is 24.9 Å². The zero-order chi connectivity index (χ0) is 17.5. The van der Waals surface area contributed by atoms with Crippen LogP contribution in [0.25, 0.3) is 6.08 Å². The number of ether oxygens (including phenoxy) is 2. The van der Waals surface area contributed by atoms with E-state index in [0.29, 0.717) is 12.1 Å². The van der Waals surface area contributed by atoms with Crippen LogP contribution in [0.5, 0.6) is 0 Å². The molecule has 0 aliphatic carbocycles. The summed E-state index contributed by atoms with van der Waals surface area (Å²) in [7, 11) is 1.33. The maximum absolute atomic E-state index is 11.7. The number of methoxy groups -OCH3 is 1. The number of aromatic nitrogens is 2. The summed E-state index contributed by atoms with van der Waals surface area (Å²) in [5, 5.41) is 4.30. The Kier molecular flexibility index (Phi) is 5.89. The zero-order valence-corrected chi connectivity index (χ0v) is 14.0. The maximum atomic E-state index is 11.7. The summed E-state index contributed by atoms with van der Waals surface area (Å²) in [4.78, 5) is 23.0. The van der Waals surface area contributed by atoms with Crippen molar-refractivity contribution in [3.63, 3.8) is 0 Å². The van der Waals surface area contributed by atoms with Gasteiger partial charge in [-0.3, -0.25) is 4.68 Å². The van der Waals surface area contributed by atoms with E-state index in [2.05, 4.69) is 9.84 Å². The Morgan fingerprint density at radius 1 is 1.21 bits per heavy atom. The molecule has 6 nitrogen and oxygen atoms in total. The van der Waals surface area contributed by atoms with Crippen molar-refractivity contribution in [2.75, 3.05) is 13.7 Å². The molecule has 0 aliphatic rings. The van der Waals surface area contributed by atoms with Crippen LogP contribution in [0.1, 0.15) is 27.3 Å². The highest BCUT2D eigenvalue weighted by Crippen LogP contribution is 2.07. The van der Waals surface area contributed by atoms with Crippen molar-refractivity contribution in [2.24, 2.45) is 0 Å². The van der Waals surface area contributed by atoms with Crippen LogP contribution in [0.4, 0.5) is 0 Å². The van der Waals surface area contributed by atoms with E-state index in [0.717, 1.165) is 17.0 Å². The molecule has 24 heavy (non-hydrogen) atoms. The Morgan fingerprint density at radius 2 is 1.92 bits per heavy atom. The first-order chi connectivity index (χ1) is 11.5. The van der Waals surface area contributed by atoms with Crippen LogP contribution in [0.15, 0.2) is 36.4 Å². The van der Waals surface area contributed by atoms with Gasteiger partial charge in [-0.05, 0) is 43.7 Å². The number of nitrogens with zero attached hydrogens (tertiary/aromatic N) is 2. The summed E-state index contributed by atoms with van der Waals surface area (Å²) in [6, 6.07) is 8.71. The minimum absolute atomic E-state index is 0.256. The van der Waals surface area contributed by atoms with E-state index in [4.69, 9.17) is 4.74 Å². The fraction of sp³-hybridized carbons (Fsp3) is 0.278. The van der Waals surface area contributed by atoms with E-state index in [-0.39, 0.29) is 6.61 Å². The van der Waals surface area contributed by atoms with Crippen LogP contribution >= 0.6 is 0 Å². The first-order valence-electron chi connectivity index (χ1n) is 7.54. The number of esters is 2. The van der Waals surface area contributed by atoms with Gasteiger partial charge in [-0.1, -0.05) is 12.1 Å². The van der Waals surface area contributed by atoms with Gasteiger partial charge in [0.15, 0.2) is 0 Å². The lowest BCUT2D eigenvalue weighted by Gasteiger charge is -2.04. The molecule has 0 bridgehead atoms. The topological polar surface area (TPSA) is 70.4 Å². The molecule has 2 rings (SSSR count). The summed E-state index contributed by atoms with van der Waals surface area (Å²) >= 11 is 0. The highest BCUT2D eigenvalue weighted by Gasteiger charge is 2.04. The average molecular weight is 328 g/mol. The van der Waals surface area contributed by atoms with Crippen LogP contribution in [0.3, 0.4) is 0 Å². The Balaban J connectivity index is 1.82. The van der Waals surface area contributed by atoms with Crippen LogP contribution in [-0.4, -0.2) is 35.4 Å². The molecule has 1 heterocycles. The number of hydrogen-bond donors (Lipinski definition) is 0. The van der Waals surface area contributed by atoms with Gasteiger partial charge in [-0.15, -0.1) is 0 Å². The summed E-state index contributed by atoms with van der Waals surface area (Å²) in [5.74, 6) is -0.817. The second kappa shape index (κ2) is 8.10. The van der Waals surface area contributed by atoms with Gasteiger partial charge in [-0.25, -0.2) is 9.59 Å². The third-order valence-electron chi connectivity index (χ3n) is 3.39. The summed E-state index contributed by atoms with van der Waals surface area (Å²) in [5.41, 5.74) is 3.22. The SMILES string of the molecule is COC(=O)c1ccc(C=CC(=O)OCCn2nc(C)cc2C)cc1. The first-order valence-corrected chi connectivity index (χ1v) is 7.54. The third-order valence-corrected chi connectivity index (χ3v) is 3.39. The van der Waals surface area contributed by atoms with Crippen molar-refractivity contribution in [1.82, 2.24) is 9.78 Å². The molecule has 0 saturated carbocycles. The van der Waals surface area contributed by atoms with Crippen molar-refractivity contribution in [3.8, 4) is 0 Å². The van der Waals surface area contributed by atoms with Crippen LogP contribution < -0.4 is 0 Å². The van der Waals surface area contributed by atoms with E-state index in [9.17, 15) is 9.59 Å². The quantitative estimate of drug-likeness (QED) is 0.602. The lowest BCUT2D eigenvalue weighted by molar-refractivity contribution is -0.138. The average Bonchev–Trinajstić information content (AvgIpc) is 2.90. The Morgan fingerprint density at radius 3 is 2.50 bits per heavy atom. The monoisotopic (exact) mass is 328 g/mol. The second-order valence-corrected chi connectivity index (χ2v) is 5.26. The van der Waals surface area contributed by atoms with Gasteiger partial charge in [0, 0.05) is 11.8 Å². The molecular formula is C18H20N2O4. The lowest BCUT2D eigenvalue weighted by atomic mass is 10.1. The van der Waals surface area contributed by atoms with Crippen LogP contribution in [0, 0.1) is 13.8 Å². The van der Waals surface area contributed by atoms with Gasteiger partial charge in [0.2, 0.25) is 0 Å². The molecule has 2 aromatic rings. The molecule has 0 saturated heterocycles. The van der Waals surface area contributed by atoms with E-state index in [1.165, 1.54) is 13.2 Å². The normalized spacial score (nSPS) is 10.8. The molecule has 0 atom stereocenters. The molecule has 1 aromatic carbocycles. The largest absolute Gasteiger partial charge is 0.465 e. The number of rotatable bonds is 6. The molecule has 0 amide bonds. The predicted molar refractivity (Wildman–Crippen MR) is 89.5 cm³/mol. The van der Waals surface area contributed by atoms with Crippen molar-refractivity contribution in [3.05, 3.63) is 58.9 Å². The van der Waals surface area contributed by atoms with E-state index in [1.54, 1.807) is 35.0 Å². The highest BCUT2D eigenvalue weighted by molar-refractivity contribution is 5.90. The van der Waals surface area contributed by atoms with Crippen molar-refractivity contribution in [2.45, 2.75) is 20.4 Å². The maximum Gasteiger partial charge on any atom is 0.337 e. The van der Waals surface area contributed by atoms with E-state index >= 15 is 0 Å². The number of benzene rings is 1. The van der Waals surface area contributed by atoms with Gasteiger partial charge in [-0.2, -0.15) is 5.10 Å². The summed E-state index contributed by atoms with van der Waals surface area (Å²) < 4.78 is 11.6. The van der Waals surface area contributed by atoms with Crippen molar-refractivity contribution in [1.29, 1.82) is 0 Å². The standard InChI is InChI=1S/C18H20N2O4/c1-13-12-14(2)20(19-13)10-11-24-17(21)9-6-15-4-7-16(8-5-15)18(22)23-3/h4-9,12H,10-11H2,1-3H3. The molecule has 126 valence electrons. The molecule has 0 fully saturated rings. The molecule has 0 unspecified atom stereocenters. The zero-order valence-electron chi connectivity index (χ0n) is 14.0. The minimum Gasteiger partial charge on any atom is -0.465 e. The molecular weight excluding hydrogens is 308 g/mol. The molecule has 1 aromatic heterocycles. The second-order valence-electron chi connectivity index (χ2n) is 5.26. The Hall–Kier alpha value is -2.89. The smallest absolute Gasteiger partial charge is 0.337 e. The summed E-state index contributed by atoms with van der Waals surface area (Å²) in [6.07, 6.45) is 2.99. The van der Waals surface area contributed by atoms with Crippen LogP contribution in [0.2, 0.25) is 0 Å². The van der Waals surface area contributed by atoms with Gasteiger partial charge in [0.1, 0.15) is 6.61 Å². The summed E-state index contributed by atoms with van der Waals surface area (Å²) in [6.45, 7) is 4.66. The fourth-order valence-corrected chi connectivity index (χ4v) is 2.19. The minimum atomic E-state index is -0.423. The number of carbonyl (C=O) groups is 2. The number of carbonyl (C=O) groups excluding carboxylic acids is 2.